The summed E-state index contributed by atoms with van der Waals surface area (Å²) in [5, 5.41) is 4.54. The molecule has 58 valence electrons. The fourth-order valence-electron chi connectivity index (χ4n) is 0.575. The van der Waals surface area contributed by atoms with Crippen LogP contribution in [0.15, 0.2) is 24.2 Å². The highest BCUT2D eigenvalue weighted by Gasteiger charge is 1.95. The third kappa shape index (κ3) is 2.51. The number of carbonyl (C=O) groups excluding carboxylic acids is 1. The molecule has 4 heteroatoms. The van der Waals surface area contributed by atoms with E-state index >= 15 is 0 Å². The molecule has 1 N–H and O–H groups in total. The topological polar surface area (TPSA) is 42.0 Å². The average Bonchev–Trinajstić information content (AvgIpc) is 2.52. The number of aromatic nitrogens is 1. The molecule has 1 aromatic heterocycles. The van der Waals surface area contributed by atoms with Gasteiger partial charge in [-0.1, -0.05) is 6.58 Å². The van der Waals surface area contributed by atoms with Gasteiger partial charge in [0.05, 0.1) is 0 Å². The van der Waals surface area contributed by atoms with E-state index in [1.807, 2.05) is 5.38 Å². The zero-order valence-electron chi connectivity index (χ0n) is 5.91. The summed E-state index contributed by atoms with van der Waals surface area (Å²) in [7, 11) is 0. The molecule has 0 aliphatic rings. The maximum atomic E-state index is 10.7. The van der Waals surface area contributed by atoms with Gasteiger partial charge in [0.1, 0.15) is 0 Å². The zero-order valence-corrected chi connectivity index (χ0v) is 6.73. The van der Waals surface area contributed by atoms with Crippen molar-refractivity contribution in [2.75, 3.05) is 0 Å². The van der Waals surface area contributed by atoms with Crippen molar-refractivity contribution in [3.05, 3.63) is 29.8 Å². The van der Waals surface area contributed by atoms with Crippen LogP contribution < -0.4 is 5.32 Å². The Hall–Kier alpha value is -1.16. The van der Waals surface area contributed by atoms with Gasteiger partial charge in [-0.25, -0.2) is 4.37 Å². The summed E-state index contributed by atoms with van der Waals surface area (Å²) in [5.74, 6) is -0.156. The molecule has 1 amide bonds. The summed E-state index contributed by atoms with van der Waals surface area (Å²) in [5.41, 5.74) is 1.02. The molecule has 0 radical (unpaired) electrons. The van der Waals surface area contributed by atoms with Gasteiger partial charge in [-0.2, -0.15) is 0 Å². The van der Waals surface area contributed by atoms with E-state index < -0.39 is 0 Å². The molecule has 0 bridgehead atoms. The van der Waals surface area contributed by atoms with Crippen molar-refractivity contribution in [3.63, 3.8) is 0 Å². The van der Waals surface area contributed by atoms with Crippen LogP contribution in [0.5, 0.6) is 0 Å². The Morgan fingerprint density at radius 2 is 2.73 bits per heavy atom. The van der Waals surface area contributed by atoms with Crippen molar-refractivity contribution in [2.45, 2.75) is 6.54 Å². The second-order valence-corrected chi connectivity index (χ2v) is 2.61. The molecule has 3 nitrogen and oxygen atoms in total. The smallest absolute Gasteiger partial charge is 0.243 e. The molecular weight excluding hydrogens is 160 g/mol. The molecule has 0 aliphatic heterocycles. The van der Waals surface area contributed by atoms with Crippen molar-refractivity contribution >= 4 is 17.4 Å². The Morgan fingerprint density at radius 3 is 3.27 bits per heavy atom. The molecule has 0 unspecified atom stereocenters. The summed E-state index contributed by atoms with van der Waals surface area (Å²) in [4.78, 5) is 10.7. The number of amides is 1. The van der Waals surface area contributed by atoms with Crippen LogP contribution in [-0.4, -0.2) is 10.3 Å². The Morgan fingerprint density at radius 1 is 1.91 bits per heavy atom. The van der Waals surface area contributed by atoms with E-state index in [4.69, 9.17) is 0 Å². The maximum absolute atomic E-state index is 10.7. The standard InChI is InChI=1S/C7H8N2OS/c1-2-7(10)8-3-6-4-9-11-5-6/h2,4-5H,1,3H2,(H,8,10). The number of hydrogen-bond acceptors (Lipinski definition) is 3. The number of nitrogens with zero attached hydrogens (tertiary/aromatic N) is 1. The molecule has 1 rings (SSSR count). The lowest BCUT2D eigenvalue weighted by molar-refractivity contribution is -0.116. The first kappa shape index (κ1) is 7.94. The number of rotatable bonds is 3. The van der Waals surface area contributed by atoms with Crippen LogP contribution in [0.25, 0.3) is 0 Å². The third-order valence-electron chi connectivity index (χ3n) is 1.14. The summed E-state index contributed by atoms with van der Waals surface area (Å²) in [6.45, 7) is 3.86. The summed E-state index contributed by atoms with van der Waals surface area (Å²) < 4.78 is 3.89. The highest BCUT2D eigenvalue weighted by atomic mass is 32.1. The summed E-state index contributed by atoms with van der Waals surface area (Å²) in [6.07, 6.45) is 2.98. The monoisotopic (exact) mass is 168 g/mol. The van der Waals surface area contributed by atoms with Gasteiger partial charge in [0.25, 0.3) is 0 Å². The molecule has 0 saturated carbocycles. The summed E-state index contributed by atoms with van der Waals surface area (Å²) >= 11 is 1.37. The van der Waals surface area contributed by atoms with Crippen LogP contribution in [-0.2, 0) is 11.3 Å². The van der Waals surface area contributed by atoms with Crippen LogP contribution in [0.3, 0.4) is 0 Å². The maximum Gasteiger partial charge on any atom is 0.243 e. The molecule has 1 heterocycles. The molecular formula is C7H8N2OS. The molecule has 0 saturated heterocycles. The van der Waals surface area contributed by atoms with Gasteiger partial charge in [-0.05, 0) is 17.6 Å². The number of hydrogen-bond donors (Lipinski definition) is 1. The number of carbonyl (C=O) groups is 1. The first-order valence-corrected chi connectivity index (χ1v) is 3.95. The molecule has 0 aliphatic carbocycles. The first-order valence-electron chi connectivity index (χ1n) is 3.11. The van der Waals surface area contributed by atoms with Crippen LogP contribution in [0.1, 0.15) is 5.56 Å². The predicted molar refractivity (Wildman–Crippen MR) is 44.2 cm³/mol. The van der Waals surface area contributed by atoms with Gasteiger partial charge in [-0.3, -0.25) is 4.79 Å². The van der Waals surface area contributed by atoms with Gasteiger partial charge >= 0.3 is 0 Å². The van der Waals surface area contributed by atoms with E-state index in [1.54, 1.807) is 6.20 Å². The largest absolute Gasteiger partial charge is 0.348 e. The van der Waals surface area contributed by atoms with Gasteiger partial charge in [0.2, 0.25) is 5.91 Å². The Kier molecular flexibility index (Phi) is 2.80. The summed E-state index contributed by atoms with van der Waals surface area (Å²) in [6, 6.07) is 0. The molecule has 0 fully saturated rings. The third-order valence-corrected chi connectivity index (χ3v) is 1.77. The van der Waals surface area contributed by atoms with E-state index in [0.29, 0.717) is 6.54 Å². The van der Waals surface area contributed by atoms with E-state index in [0.717, 1.165) is 5.56 Å². The normalized spacial score (nSPS) is 9.09. The van der Waals surface area contributed by atoms with Crippen LogP contribution in [0.2, 0.25) is 0 Å². The van der Waals surface area contributed by atoms with Gasteiger partial charge in [-0.15, -0.1) is 0 Å². The Labute approximate surface area is 68.9 Å². The van der Waals surface area contributed by atoms with Gasteiger partial charge < -0.3 is 5.32 Å². The minimum absolute atomic E-state index is 0.156. The molecule has 0 aromatic carbocycles. The van der Waals surface area contributed by atoms with E-state index in [-0.39, 0.29) is 5.91 Å². The lowest BCUT2D eigenvalue weighted by Gasteiger charge is -1.96. The van der Waals surface area contributed by atoms with E-state index in [9.17, 15) is 4.79 Å². The zero-order chi connectivity index (χ0) is 8.10. The van der Waals surface area contributed by atoms with Crippen molar-refractivity contribution in [1.82, 2.24) is 9.69 Å². The SMILES string of the molecule is C=CC(=O)NCc1cnsc1. The molecule has 0 spiro atoms. The van der Waals surface area contributed by atoms with Crippen molar-refractivity contribution in [3.8, 4) is 0 Å². The van der Waals surface area contributed by atoms with Crippen LogP contribution >= 0.6 is 11.5 Å². The van der Waals surface area contributed by atoms with Gasteiger partial charge in [0, 0.05) is 23.7 Å². The molecule has 0 atom stereocenters. The first-order chi connectivity index (χ1) is 5.33. The van der Waals surface area contributed by atoms with Crippen molar-refractivity contribution < 1.29 is 4.79 Å². The lowest BCUT2D eigenvalue weighted by Crippen LogP contribution is -2.19. The minimum atomic E-state index is -0.156. The van der Waals surface area contributed by atoms with Crippen LogP contribution in [0, 0.1) is 0 Å². The second-order valence-electron chi connectivity index (χ2n) is 1.95. The van der Waals surface area contributed by atoms with Crippen molar-refractivity contribution in [2.24, 2.45) is 0 Å². The quantitative estimate of drug-likeness (QED) is 0.683. The average molecular weight is 168 g/mol. The minimum Gasteiger partial charge on any atom is -0.348 e. The van der Waals surface area contributed by atoms with E-state index in [2.05, 4.69) is 16.3 Å². The van der Waals surface area contributed by atoms with E-state index in [1.165, 1.54) is 17.6 Å². The van der Waals surface area contributed by atoms with Crippen LogP contribution in [0.4, 0.5) is 0 Å². The fourth-order valence-corrected chi connectivity index (χ4v) is 1.11. The van der Waals surface area contributed by atoms with Gasteiger partial charge in [0.15, 0.2) is 0 Å². The highest BCUT2D eigenvalue weighted by Crippen LogP contribution is 1.99. The fraction of sp³-hybridized carbons (Fsp3) is 0.143. The molecule has 11 heavy (non-hydrogen) atoms. The van der Waals surface area contributed by atoms with Crippen molar-refractivity contribution in [1.29, 1.82) is 0 Å². The molecule has 1 aromatic rings. The number of nitrogens with one attached hydrogen (secondary N) is 1. The second kappa shape index (κ2) is 3.88. The predicted octanol–water partition coefficient (Wildman–Crippen LogP) is 0.945. The Bertz CT molecular complexity index is 243. The Balaban J connectivity index is 2.34. The highest BCUT2D eigenvalue weighted by molar-refractivity contribution is 7.03. The lowest BCUT2D eigenvalue weighted by atomic mass is 10.4.